The van der Waals surface area contributed by atoms with Crippen molar-refractivity contribution in [1.29, 1.82) is 0 Å². The monoisotopic (exact) mass is 400 g/mol. The molecular weight excluding hydrogens is 384 g/mol. The lowest BCUT2D eigenvalue weighted by Gasteiger charge is -2.09. The van der Waals surface area contributed by atoms with Crippen molar-refractivity contribution in [3.05, 3.63) is 87.2 Å². The summed E-state index contributed by atoms with van der Waals surface area (Å²) in [5, 5.41) is 17.8. The van der Waals surface area contributed by atoms with Crippen molar-refractivity contribution in [3.63, 3.8) is 0 Å². The molecule has 0 spiro atoms. The Morgan fingerprint density at radius 3 is 2.82 bits per heavy atom. The van der Waals surface area contributed by atoms with Crippen molar-refractivity contribution >= 4 is 23.2 Å². The predicted molar refractivity (Wildman–Crippen MR) is 103 cm³/mol. The second kappa shape index (κ2) is 9.01. The zero-order valence-electron chi connectivity index (χ0n) is 14.7. The molecule has 0 aliphatic heterocycles. The molecule has 0 atom stereocenters. The zero-order valence-corrected chi connectivity index (χ0v) is 15.5. The average Bonchev–Trinajstić information content (AvgIpc) is 3.17. The summed E-state index contributed by atoms with van der Waals surface area (Å²) in [6, 6.07) is 14.2. The third kappa shape index (κ3) is 5.08. The Bertz CT molecular complexity index is 989. The highest BCUT2D eigenvalue weighted by atomic mass is 35.5. The molecule has 0 saturated heterocycles. The van der Waals surface area contributed by atoms with Crippen molar-refractivity contribution in [3.8, 4) is 5.75 Å². The number of benzene rings is 2. The van der Waals surface area contributed by atoms with Gasteiger partial charge in [-0.2, -0.15) is 5.10 Å². The Balaban J connectivity index is 1.53. The first kappa shape index (κ1) is 19.4. The minimum absolute atomic E-state index is 0.0856. The lowest BCUT2D eigenvalue weighted by molar-refractivity contribution is -0.385. The fraction of sp³-hybridized carbons (Fsp3) is 0.158. The number of para-hydroxylation sites is 1. The Labute approximate surface area is 165 Å². The highest BCUT2D eigenvalue weighted by Crippen LogP contribution is 2.24. The molecule has 0 unspecified atom stereocenters. The van der Waals surface area contributed by atoms with Crippen molar-refractivity contribution in [2.24, 2.45) is 0 Å². The number of rotatable bonds is 8. The molecule has 28 heavy (non-hydrogen) atoms. The van der Waals surface area contributed by atoms with Crippen molar-refractivity contribution in [2.45, 2.75) is 13.2 Å². The molecule has 3 aromatic rings. The fourth-order valence-electron chi connectivity index (χ4n) is 2.48. The van der Waals surface area contributed by atoms with Crippen LogP contribution >= 0.6 is 11.6 Å². The number of halogens is 1. The van der Waals surface area contributed by atoms with Gasteiger partial charge in [-0.15, -0.1) is 0 Å². The number of nitro groups is 1. The first-order valence-electron chi connectivity index (χ1n) is 8.44. The Hall–Kier alpha value is -3.39. The summed E-state index contributed by atoms with van der Waals surface area (Å²) in [6.07, 6.45) is 2.49. The number of carbonyl (C=O) groups is 1. The van der Waals surface area contributed by atoms with Gasteiger partial charge in [-0.05, 0) is 29.8 Å². The second-order valence-electron chi connectivity index (χ2n) is 5.89. The highest BCUT2D eigenvalue weighted by Gasteiger charge is 2.10. The number of hydrogen-bond acceptors (Lipinski definition) is 5. The second-order valence-corrected chi connectivity index (χ2v) is 6.30. The molecule has 0 saturated carbocycles. The van der Waals surface area contributed by atoms with Gasteiger partial charge in [-0.1, -0.05) is 35.9 Å². The minimum atomic E-state index is -0.516. The molecule has 9 heteroatoms. The van der Waals surface area contributed by atoms with E-state index in [9.17, 15) is 14.9 Å². The van der Waals surface area contributed by atoms with Gasteiger partial charge in [-0.25, -0.2) is 0 Å². The third-order valence-corrected chi connectivity index (χ3v) is 4.19. The van der Waals surface area contributed by atoms with E-state index >= 15 is 0 Å². The number of amides is 1. The number of ether oxygens (including phenoxy) is 1. The lowest BCUT2D eigenvalue weighted by atomic mass is 10.1. The quantitative estimate of drug-likeness (QED) is 0.461. The van der Waals surface area contributed by atoms with Crippen LogP contribution in [0.1, 0.15) is 15.9 Å². The van der Waals surface area contributed by atoms with E-state index in [0.717, 1.165) is 5.56 Å². The van der Waals surface area contributed by atoms with E-state index < -0.39 is 4.92 Å². The first-order valence-corrected chi connectivity index (χ1v) is 8.82. The van der Waals surface area contributed by atoms with E-state index in [2.05, 4.69) is 10.4 Å². The number of aromatic nitrogens is 2. The summed E-state index contributed by atoms with van der Waals surface area (Å²) >= 11 is 6.07. The molecule has 0 bridgehead atoms. The van der Waals surface area contributed by atoms with Crippen LogP contribution in [0.15, 0.2) is 60.9 Å². The van der Waals surface area contributed by atoms with Gasteiger partial charge in [0.05, 0.1) is 16.5 Å². The van der Waals surface area contributed by atoms with Gasteiger partial charge in [-0.3, -0.25) is 19.6 Å². The standard InChI is InChI=1S/C19H17ClN4O4/c20-17-6-1-2-7-18(17)28-13-14-4-3-5-15(10-14)19(25)21-8-9-23-12-16(11-22-23)24(26)27/h1-7,10-12H,8-9,13H2,(H,21,25). The summed E-state index contributed by atoms with van der Waals surface area (Å²) in [5.74, 6) is 0.327. The maximum Gasteiger partial charge on any atom is 0.306 e. The number of hydrogen-bond donors (Lipinski definition) is 1. The van der Waals surface area contributed by atoms with Crippen LogP contribution in [-0.4, -0.2) is 27.2 Å². The lowest BCUT2D eigenvalue weighted by Crippen LogP contribution is -2.27. The topological polar surface area (TPSA) is 99.3 Å². The van der Waals surface area contributed by atoms with Gasteiger partial charge in [0.25, 0.3) is 5.91 Å². The van der Waals surface area contributed by atoms with Gasteiger partial charge < -0.3 is 10.1 Å². The molecule has 0 radical (unpaired) electrons. The number of nitrogens with one attached hydrogen (secondary N) is 1. The summed E-state index contributed by atoms with van der Waals surface area (Å²) in [5.41, 5.74) is 1.24. The van der Waals surface area contributed by atoms with E-state index in [0.29, 0.717) is 22.9 Å². The van der Waals surface area contributed by atoms with Crippen LogP contribution in [0.3, 0.4) is 0 Å². The van der Waals surface area contributed by atoms with Gasteiger partial charge in [0.2, 0.25) is 0 Å². The van der Waals surface area contributed by atoms with E-state index in [1.165, 1.54) is 17.1 Å². The van der Waals surface area contributed by atoms with Crippen LogP contribution in [0, 0.1) is 10.1 Å². The van der Waals surface area contributed by atoms with Crippen molar-refractivity contribution < 1.29 is 14.5 Å². The average molecular weight is 401 g/mol. The molecule has 0 aliphatic rings. The van der Waals surface area contributed by atoms with Gasteiger partial charge in [0, 0.05) is 12.1 Å². The highest BCUT2D eigenvalue weighted by molar-refractivity contribution is 6.32. The van der Waals surface area contributed by atoms with Gasteiger partial charge >= 0.3 is 5.69 Å². The number of carbonyl (C=O) groups excluding carboxylic acids is 1. The van der Waals surface area contributed by atoms with E-state index in [-0.39, 0.29) is 24.7 Å². The molecule has 1 amide bonds. The normalized spacial score (nSPS) is 10.5. The van der Waals surface area contributed by atoms with Crippen LogP contribution in [0.5, 0.6) is 5.75 Å². The largest absolute Gasteiger partial charge is 0.487 e. The zero-order chi connectivity index (χ0) is 19.9. The van der Waals surface area contributed by atoms with Gasteiger partial charge in [0.1, 0.15) is 24.8 Å². The first-order chi connectivity index (χ1) is 13.5. The maximum atomic E-state index is 12.3. The molecule has 8 nitrogen and oxygen atoms in total. The van der Waals surface area contributed by atoms with Gasteiger partial charge in [0.15, 0.2) is 0 Å². The van der Waals surface area contributed by atoms with Crippen LogP contribution in [0.25, 0.3) is 0 Å². The molecule has 2 aromatic carbocycles. The molecule has 144 valence electrons. The summed E-state index contributed by atoms with van der Waals surface area (Å²) in [4.78, 5) is 22.4. The van der Waals surface area contributed by atoms with E-state index in [1.54, 1.807) is 30.3 Å². The van der Waals surface area contributed by atoms with Crippen LogP contribution < -0.4 is 10.1 Å². The Morgan fingerprint density at radius 1 is 1.25 bits per heavy atom. The Kier molecular flexibility index (Phi) is 6.23. The minimum Gasteiger partial charge on any atom is -0.487 e. The van der Waals surface area contributed by atoms with Crippen molar-refractivity contribution in [2.75, 3.05) is 6.54 Å². The third-order valence-electron chi connectivity index (χ3n) is 3.88. The molecule has 0 fully saturated rings. The summed E-state index contributed by atoms with van der Waals surface area (Å²) in [6.45, 7) is 0.898. The molecular formula is C19H17ClN4O4. The fourth-order valence-corrected chi connectivity index (χ4v) is 2.67. The summed E-state index contributed by atoms with van der Waals surface area (Å²) < 4.78 is 7.10. The SMILES string of the molecule is O=C(NCCn1cc([N+](=O)[O-])cn1)c1cccc(COc2ccccc2Cl)c1. The summed E-state index contributed by atoms with van der Waals surface area (Å²) in [7, 11) is 0. The molecule has 1 heterocycles. The van der Waals surface area contributed by atoms with E-state index in [4.69, 9.17) is 16.3 Å². The van der Waals surface area contributed by atoms with Crippen LogP contribution in [0.4, 0.5) is 5.69 Å². The van der Waals surface area contributed by atoms with Crippen LogP contribution in [-0.2, 0) is 13.2 Å². The molecule has 1 aromatic heterocycles. The maximum absolute atomic E-state index is 12.3. The molecule has 1 N–H and O–H groups in total. The number of nitrogens with zero attached hydrogens (tertiary/aromatic N) is 3. The molecule has 0 aliphatic carbocycles. The molecule has 3 rings (SSSR count). The van der Waals surface area contributed by atoms with Crippen LogP contribution in [0.2, 0.25) is 5.02 Å². The van der Waals surface area contributed by atoms with E-state index in [1.807, 2.05) is 18.2 Å². The van der Waals surface area contributed by atoms with Crippen molar-refractivity contribution in [1.82, 2.24) is 15.1 Å². The predicted octanol–water partition coefficient (Wildman–Crippen LogP) is 3.45. The smallest absolute Gasteiger partial charge is 0.306 e. The Morgan fingerprint density at radius 2 is 2.07 bits per heavy atom.